The Morgan fingerprint density at radius 2 is 1.82 bits per heavy atom. The summed E-state index contributed by atoms with van der Waals surface area (Å²) in [5.74, 6) is 1.57. The molecule has 2 heterocycles. The summed E-state index contributed by atoms with van der Waals surface area (Å²) in [6.45, 7) is 7.16. The van der Waals surface area contributed by atoms with Gasteiger partial charge >= 0.3 is 0 Å². The molecule has 2 aromatic carbocycles. The number of thiophene rings is 1. The molecule has 6 heteroatoms. The third-order valence-electron chi connectivity index (χ3n) is 6.03. The lowest BCUT2D eigenvalue weighted by Gasteiger charge is -2.19. The summed E-state index contributed by atoms with van der Waals surface area (Å²) in [6, 6.07) is 18.1. The monoisotopic (exact) mass is 476 g/mol. The average molecular weight is 477 g/mol. The van der Waals surface area contributed by atoms with Crippen LogP contribution in [0.2, 0.25) is 0 Å². The number of hydrogen-bond donors (Lipinski definition) is 0. The lowest BCUT2D eigenvalue weighted by molar-refractivity contribution is 0.343. The fourth-order valence-corrected chi connectivity index (χ4v) is 6.40. The van der Waals surface area contributed by atoms with Gasteiger partial charge in [-0.3, -0.25) is 9.36 Å². The van der Waals surface area contributed by atoms with Gasteiger partial charge in [0.25, 0.3) is 5.56 Å². The van der Waals surface area contributed by atoms with Crippen LogP contribution in [0.4, 0.5) is 0 Å². The van der Waals surface area contributed by atoms with Gasteiger partial charge in [0.05, 0.1) is 17.7 Å². The molecule has 4 aromatic rings. The van der Waals surface area contributed by atoms with Crippen molar-refractivity contribution in [1.29, 1.82) is 0 Å². The predicted octanol–water partition coefficient (Wildman–Crippen LogP) is 6.40. The Labute approximate surface area is 202 Å². The van der Waals surface area contributed by atoms with Crippen LogP contribution in [0, 0.1) is 0 Å². The second kappa shape index (κ2) is 8.99. The number of nitrogens with zero attached hydrogens (tertiary/aromatic N) is 2. The summed E-state index contributed by atoms with van der Waals surface area (Å²) in [4.78, 5) is 20.8. The molecule has 0 amide bonds. The molecule has 0 saturated heterocycles. The molecule has 170 valence electrons. The fourth-order valence-electron chi connectivity index (χ4n) is 4.27. The molecule has 0 spiro atoms. The first-order chi connectivity index (χ1) is 15.9. The molecule has 0 saturated carbocycles. The van der Waals surface area contributed by atoms with Crippen LogP contribution in [0.3, 0.4) is 0 Å². The quantitative estimate of drug-likeness (QED) is 0.183. The van der Waals surface area contributed by atoms with Gasteiger partial charge in [-0.05, 0) is 60.1 Å². The van der Waals surface area contributed by atoms with Crippen LogP contribution in [0.15, 0.2) is 64.5 Å². The Kier molecular flexibility index (Phi) is 6.06. The molecule has 0 aliphatic heterocycles. The van der Waals surface area contributed by atoms with Crippen molar-refractivity contribution in [2.24, 2.45) is 0 Å². The molecule has 33 heavy (non-hydrogen) atoms. The minimum atomic E-state index is 0.0480. The van der Waals surface area contributed by atoms with E-state index in [1.54, 1.807) is 27.7 Å². The molecular weight excluding hydrogens is 448 g/mol. The van der Waals surface area contributed by atoms with Gasteiger partial charge in [-0.2, -0.15) is 0 Å². The Hall–Kier alpha value is -2.57. The van der Waals surface area contributed by atoms with Gasteiger partial charge in [-0.1, -0.05) is 62.9 Å². The van der Waals surface area contributed by atoms with Gasteiger partial charge in [0.1, 0.15) is 10.6 Å². The van der Waals surface area contributed by atoms with Crippen molar-refractivity contribution in [3.05, 3.63) is 81.0 Å². The van der Waals surface area contributed by atoms with Crippen LogP contribution < -0.4 is 10.3 Å². The van der Waals surface area contributed by atoms with Gasteiger partial charge in [-0.15, -0.1) is 11.3 Å². The number of thioether (sulfide) groups is 1. The lowest BCUT2D eigenvalue weighted by Crippen LogP contribution is -2.22. The number of hydrogen-bond acceptors (Lipinski definition) is 5. The molecule has 5 rings (SSSR count). The van der Waals surface area contributed by atoms with Gasteiger partial charge in [-0.25, -0.2) is 4.98 Å². The maximum absolute atomic E-state index is 13.6. The van der Waals surface area contributed by atoms with Gasteiger partial charge in [0, 0.05) is 10.6 Å². The second-order valence-electron chi connectivity index (χ2n) is 9.38. The van der Waals surface area contributed by atoms with Crippen molar-refractivity contribution in [3.63, 3.8) is 0 Å². The second-order valence-corrected chi connectivity index (χ2v) is 11.5. The first-order valence-electron chi connectivity index (χ1n) is 11.4. The summed E-state index contributed by atoms with van der Waals surface area (Å²) in [6.07, 6.45) is 3.17. The fraction of sp³-hybridized carbons (Fsp3) is 0.333. The molecule has 1 aliphatic carbocycles. The van der Waals surface area contributed by atoms with E-state index in [1.165, 1.54) is 16.0 Å². The Balaban J connectivity index is 1.38. The minimum Gasteiger partial charge on any atom is -0.493 e. The molecule has 4 nitrogen and oxygen atoms in total. The zero-order valence-corrected chi connectivity index (χ0v) is 20.9. The van der Waals surface area contributed by atoms with E-state index < -0.39 is 0 Å². The van der Waals surface area contributed by atoms with Crippen molar-refractivity contribution < 1.29 is 4.74 Å². The molecule has 0 unspecified atom stereocenters. The molecule has 0 radical (unpaired) electrons. The van der Waals surface area contributed by atoms with E-state index in [9.17, 15) is 4.79 Å². The van der Waals surface area contributed by atoms with Crippen molar-refractivity contribution in [1.82, 2.24) is 9.55 Å². The van der Waals surface area contributed by atoms with E-state index in [4.69, 9.17) is 9.72 Å². The van der Waals surface area contributed by atoms with Crippen LogP contribution in [0.5, 0.6) is 5.75 Å². The SMILES string of the molecule is CC(C)(C)c1ccc(OCCSc2nc3sc4c(c3c(=O)n2-c2ccccc2)CCC4)cc1. The molecule has 0 N–H and O–H groups in total. The highest BCUT2D eigenvalue weighted by Crippen LogP contribution is 2.36. The van der Waals surface area contributed by atoms with Crippen molar-refractivity contribution in [3.8, 4) is 11.4 Å². The van der Waals surface area contributed by atoms with Crippen molar-refractivity contribution in [2.45, 2.75) is 50.6 Å². The largest absolute Gasteiger partial charge is 0.493 e. The summed E-state index contributed by atoms with van der Waals surface area (Å²) in [5.41, 5.74) is 3.54. The summed E-state index contributed by atoms with van der Waals surface area (Å²) >= 11 is 3.26. The van der Waals surface area contributed by atoms with Crippen LogP contribution in [-0.4, -0.2) is 21.9 Å². The third kappa shape index (κ3) is 4.46. The van der Waals surface area contributed by atoms with Crippen LogP contribution in [-0.2, 0) is 18.3 Å². The zero-order valence-electron chi connectivity index (χ0n) is 19.3. The summed E-state index contributed by atoms with van der Waals surface area (Å²) < 4.78 is 7.75. The normalized spacial score (nSPS) is 13.4. The Morgan fingerprint density at radius 1 is 1.06 bits per heavy atom. The number of ether oxygens (including phenoxy) is 1. The zero-order chi connectivity index (χ0) is 23.0. The summed E-state index contributed by atoms with van der Waals surface area (Å²) in [5, 5.41) is 1.54. The van der Waals surface area contributed by atoms with Gasteiger partial charge in [0.15, 0.2) is 5.16 Å². The first-order valence-corrected chi connectivity index (χ1v) is 13.2. The van der Waals surface area contributed by atoms with Crippen LogP contribution in [0.25, 0.3) is 15.9 Å². The number of aromatic nitrogens is 2. The van der Waals surface area contributed by atoms with Gasteiger partial charge in [0.2, 0.25) is 0 Å². The number of rotatable bonds is 6. The first kappa shape index (κ1) is 22.2. The van der Waals surface area contributed by atoms with E-state index in [2.05, 4.69) is 32.9 Å². The maximum atomic E-state index is 13.6. The van der Waals surface area contributed by atoms with E-state index >= 15 is 0 Å². The van der Waals surface area contributed by atoms with E-state index in [0.717, 1.165) is 46.1 Å². The Bertz CT molecular complexity index is 1330. The lowest BCUT2D eigenvalue weighted by atomic mass is 9.87. The highest BCUT2D eigenvalue weighted by molar-refractivity contribution is 7.99. The highest BCUT2D eigenvalue weighted by atomic mass is 32.2. The molecule has 1 aliphatic rings. The molecule has 0 atom stereocenters. The van der Waals surface area contributed by atoms with Crippen molar-refractivity contribution in [2.75, 3.05) is 12.4 Å². The smallest absolute Gasteiger partial charge is 0.267 e. The standard InChI is InChI=1S/C27H28N2O2S2/c1-27(2,3)18-12-14-20(15-13-18)31-16-17-32-26-28-24-23(21-10-7-11-22(21)33-24)25(30)29(26)19-8-5-4-6-9-19/h4-6,8-9,12-15H,7,10-11,16-17H2,1-3H3. The third-order valence-corrected chi connectivity index (χ3v) is 8.11. The minimum absolute atomic E-state index is 0.0480. The molecule has 0 fully saturated rings. The number of aryl methyl sites for hydroxylation is 2. The summed E-state index contributed by atoms with van der Waals surface area (Å²) in [7, 11) is 0. The molecule has 2 aromatic heterocycles. The topological polar surface area (TPSA) is 44.1 Å². The average Bonchev–Trinajstić information content (AvgIpc) is 3.38. The van der Waals surface area contributed by atoms with Crippen LogP contribution >= 0.6 is 23.1 Å². The number of para-hydroxylation sites is 1. The van der Waals surface area contributed by atoms with Crippen LogP contribution in [0.1, 0.15) is 43.2 Å². The number of fused-ring (bicyclic) bond motifs is 3. The predicted molar refractivity (Wildman–Crippen MR) is 139 cm³/mol. The maximum Gasteiger partial charge on any atom is 0.267 e. The van der Waals surface area contributed by atoms with E-state index in [0.29, 0.717) is 12.4 Å². The molecule has 0 bridgehead atoms. The van der Waals surface area contributed by atoms with E-state index in [1.807, 2.05) is 42.5 Å². The van der Waals surface area contributed by atoms with E-state index in [-0.39, 0.29) is 11.0 Å². The van der Waals surface area contributed by atoms with Gasteiger partial charge < -0.3 is 4.74 Å². The Morgan fingerprint density at radius 3 is 2.55 bits per heavy atom. The van der Waals surface area contributed by atoms with Crippen molar-refractivity contribution >= 4 is 33.3 Å². The number of benzene rings is 2. The highest BCUT2D eigenvalue weighted by Gasteiger charge is 2.23. The molecular formula is C27H28N2O2S2.